The summed E-state index contributed by atoms with van der Waals surface area (Å²) in [5, 5.41) is 2.48. The van der Waals surface area contributed by atoms with Crippen LogP contribution >= 0.6 is 0 Å². The van der Waals surface area contributed by atoms with Crippen LogP contribution in [-0.2, 0) is 9.53 Å². The van der Waals surface area contributed by atoms with Gasteiger partial charge in [-0.1, -0.05) is 12.1 Å². The predicted octanol–water partition coefficient (Wildman–Crippen LogP) is 1.59. The van der Waals surface area contributed by atoms with Gasteiger partial charge in [0.1, 0.15) is 5.75 Å². The van der Waals surface area contributed by atoms with Crippen molar-refractivity contribution in [2.75, 3.05) is 19.0 Å². The van der Waals surface area contributed by atoms with Crippen LogP contribution in [0.15, 0.2) is 24.3 Å². The number of halogens is 2. The second kappa shape index (κ2) is 7.65. The highest BCUT2D eigenvalue weighted by atomic mass is 19.3. The SMILES string of the molecule is COC(CN)CC(=O)Nc1ccccc1OC(F)F. The Morgan fingerprint density at radius 3 is 2.68 bits per heavy atom. The van der Waals surface area contributed by atoms with E-state index in [4.69, 9.17) is 10.5 Å². The molecule has 106 valence electrons. The average molecular weight is 274 g/mol. The molecule has 0 heterocycles. The Morgan fingerprint density at radius 2 is 2.11 bits per heavy atom. The first-order valence-electron chi connectivity index (χ1n) is 5.63. The molecule has 0 radical (unpaired) electrons. The number of benzene rings is 1. The van der Waals surface area contributed by atoms with Crippen LogP contribution in [-0.4, -0.2) is 32.3 Å². The molecule has 1 aromatic rings. The smallest absolute Gasteiger partial charge is 0.387 e. The van der Waals surface area contributed by atoms with E-state index in [1.807, 2.05) is 0 Å². The standard InChI is InChI=1S/C12H16F2N2O3/c1-18-8(7-15)6-11(17)16-9-4-2-3-5-10(9)19-12(13)14/h2-5,8,12H,6-7,15H2,1H3,(H,16,17). The largest absolute Gasteiger partial charge is 0.433 e. The Morgan fingerprint density at radius 1 is 1.42 bits per heavy atom. The number of hydrogen-bond acceptors (Lipinski definition) is 4. The van der Waals surface area contributed by atoms with Crippen LogP contribution in [0.3, 0.4) is 0 Å². The van der Waals surface area contributed by atoms with E-state index in [1.54, 1.807) is 6.07 Å². The number of carbonyl (C=O) groups is 1. The van der Waals surface area contributed by atoms with Gasteiger partial charge in [-0.2, -0.15) is 8.78 Å². The number of para-hydroxylation sites is 2. The number of nitrogens with two attached hydrogens (primary N) is 1. The van der Waals surface area contributed by atoms with Crippen LogP contribution in [0.2, 0.25) is 0 Å². The van der Waals surface area contributed by atoms with Crippen molar-refractivity contribution in [1.29, 1.82) is 0 Å². The zero-order chi connectivity index (χ0) is 14.3. The molecule has 0 spiro atoms. The molecule has 1 aromatic carbocycles. The quantitative estimate of drug-likeness (QED) is 0.792. The van der Waals surface area contributed by atoms with Crippen molar-refractivity contribution in [3.8, 4) is 5.75 Å². The minimum absolute atomic E-state index is 0.0377. The minimum atomic E-state index is -2.95. The molecule has 0 aromatic heterocycles. The Labute approximate surface area is 109 Å². The molecule has 1 amide bonds. The maximum Gasteiger partial charge on any atom is 0.387 e. The maximum atomic E-state index is 12.2. The van der Waals surface area contributed by atoms with Gasteiger partial charge in [0.05, 0.1) is 18.2 Å². The van der Waals surface area contributed by atoms with E-state index < -0.39 is 12.7 Å². The molecule has 0 aliphatic carbocycles. The van der Waals surface area contributed by atoms with Gasteiger partial charge in [-0.15, -0.1) is 0 Å². The molecule has 1 rings (SSSR count). The molecule has 1 unspecified atom stereocenters. The molecule has 0 aliphatic rings. The molecular formula is C12H16F2N2O3. The predicted molar refractivity (Wildman–Crippen MR) is 66.2 cm³/mol. The van der Waals surface area contributed by atoms with E-state index in [-0.39, 0.29) is 30.3 Å². The third kappa shape index (κ3) is 5.19. The first kappa shape index (κ1) is 15.3. The number of methoxy groups -OCH3 is 1. The third-order valence-electron chi connectivity index (χ3n) is 2.39. The molecule has 5 nitrogen and oxygen atoms in total. The highest BCUT2D eigenvalue weighted by Crippen LogP contribution is 2.25. The van der Waals surface area contributed by atoms with Crippen LogP contribution in [0.4, 0.5) is 14.5 Å². The summed E-state index contributed by atoms with van der Waals surface area (Å²) < 4.78 is 33.6. The lowest BCUT2D eigenvalue weighted by molar-refractivity contribution is -0.118. The van der Waals surface area contributed by atoms with Gasteiger partial charge in [-0.3, -0.25) is 4.79 Å². The first-order valence-corrected chi connectivity index (χ1v) is 5.63. The van der Waals surface area contributed by atoms with E-state index in [9.17, 15) is 13.6 Å². The van der Waals surface area contributed by atoms with Gasteiger partial charge < -0.3 is 20.5 Å². The Balaban J connectivity index is 2.68. The highest BCUT2D eigenvalue weighted by Gasteiger charge is 2.14. The van der Waals surface area contributed by atoms with Crippen LogP contribution < -0.4 is 15.8 Å². The van der Waals surface area contributed by atoms with E-state index in [0.29, 0.717) is 0 Å². The summed E-state index contributed by atoms with van der Waals surface area (Å²) in [6, 6.07) is 5.95. The highest BCUT2D eigenvalue weighted by molar-refractivity contribution is 5.92. The van der Waals surface area contributed by atoms with Crippen molar-refractivity contribution in [2.45, 2.75) is 19.1 Å². The number of carbonyl (C=O) groups excluding carboxylic acids is 1. The fourth-order valence-electron chi connectivity index (χ4n) is 1.44. The minimum Gasteiger partial charge on any atom is -0.433 e. The van der Waals surface area contributed by atoms with Crippen molar-refractivity contribution >= 4 is 11.6 Å². The molecule has 19 heavy (non-hydrogen) atoms. The van der Waals surface area contributed by atoms with E-state index in [2.05, 4.69) is 10.1 Å². The monoisotopic (exact) mass is 274 g/mol. The number of nitrogens with one attached hydrogen (secondary N) is 1. The number of alkyl halides is 2. The summed E-state index contributed by atoms with van der Waals surface area (Å²) >= 11 is 0. The Bertz CT molecular complexity index is 412. The van der Waals surface area contributed by atoms with Crippen molar-refractivity contribution in [3.05, 3.63) is 24.3 Å². The van der Waals surface area contributed by atoms with Crippen molar-refractivity contribution < 1.29 is 23.0 Å². The van der Waals surface area contributed by atoms with Crippen molar-refractivity contribution in [2.24, 2.45) is 5.73 Å². The molecule has 0 saturated carbocycles. The molecule has 0 saturated heterocycles. The molecule has 0 bridgehead atoms. The average Bonchev–Trinajstić information content (AvgIpc) is 2.37. The number of anilines is 1. The summed E-state index contributed by atoms with van der Waals surface area (Å²) in [7, 11) is 1.44. The zero-order valence-corrected chi connectivity index (χ0v) is 10.4. The van der Waals surface area contributed by atoms with Crippen LogP contribution in [0.5, 0.6) is 5.75 Å². The number of hydrogen-bond donors (Lipinski definition) is 2. The normalized spacial score (nSPS) is 12.3. The van der Waals surface area contributed by atoms with Crippen LogP contribution in [0, 0.1) is 0 Å². The molecule has 3 N–H and O–H groups in total. The summed E-state index contributed by atoms with van der Waals surface area (Å²) in [5.41, 5.74) is 5.57. The molecule has 0 aliphatic heterocycles. The Kier molecular flexibility index (Phi) is 6.17. The number of amides is 1. The molecule has 7 heteroatoms. The summed E-state index contributed by atoms with van der Waals surface area (Å²) in [5.74, 6) is -0.477. The second-order valence-electron chi connectivity index (χ2n) is 3.72. The summed E-state index contributed by atoms with van der Waals surface area (Å²) in [6.45, 7) is -2.76. The lowest BCUT2D eigenvalue weighted by Gasteiger charge is -2.14. The summed E-state index contributed by atoms with van der Waals surface area (Å²) in [4.78, 5) is 11.7. The second-order valence-corrected chi connectivity index (χ2v) is 3.72. The topological polar surface area (TPSA) is 73.6 Å². The zero-order valence-electron chi connectivity index (χ0n) is 10.4. The molecule has 1 atom stereocenters. The van der Waals surface area contributed by atoms with E-state index >= 15 is 0 Å². The first-order chi connectivity index (χ1) is 9.06. The van der Waals surface area contributed by atoms with Gasteiger partial charge in [0, 0.05) is 13.7 Å². The third-order valence-corrected chi connectivity index (χ3v) is 2.39. The maximum absolute atomic E-state index is 12.2. The van der Waals surface area contributed by atoms with Crippen molar-refractivity contribution in [1.82, 2.24) is 0 Å². The van der Waals surface area contributed by atoms with Gasteiger partial charge in [-0.05, 0) is 12.1 Å². The van der Waals surface area contributed by atoms with Gasteiger partial charge >= 0.3 is 6.61 Å². The van der Waals surface area contributed by atoms with E-state index in [0.717, 1.165) is 0 Å². The molecule has 0 fully saturated rings. The van der Waals surface area contributed by atoms with Crippen LogP contribution in [0.25, 0.3) is 0 Å². The lowest BCUT2D eigenvalue weighted by Crippen LogP contribution is -2.28. The van der Waals surface area contributed by atoms with Gasteiger partial charge in [0.2, 0.25) is 5.91 Å². The lowest BCUT2D eigenvalue weighted by atomic mass is 10.2. The van der Waals surface area contributed by atoms with Gasteiger partial charge in [0.25, 0.3) is 0 Å². The van der Waals surface area contributed by atoms with Gasteiger partial charge in [-0.25, -0.2) is 0 Å². The fraction of sp³-hybridized carbons (Fsp3) is 0.417. The summed E-state index contributed by atoms with van der Waals surface area (Å²) in [6.07, 6.45) is -0.376. The van der Waals surface area contributed by atoms with Crippen molar-refractivity contribution in [3.63, 3.8) is 0 Å². The molecular weight excluding hydrogens is 258 g/mol. The Hall–Kier alpha value is -1.73. The van der Waals surface area contributed by atoms with Crippen LogP contribution in [0.1, 0.15) is 6.42 Å². The number of rotatable bonds is 7. The van der Waals surface area contributed by atoms with E-state index in [1.165, 1.54) is 25.3 Å². The fourth-order valence-corrected chi connectivity index (χ4v) is 1.44. The number of ether oxygens (including phenoxy) is 2. The van der Waals surface area contributed by atoms with Gasteiger partial charge in [0.15, 0.2) is 0 Å².